The highest BCUT2D eigenvalue weighted by atomic mass is 19.1. The number of nitrogens with two attached hydrogens (primary N) is 1. The summed E-state index contributed by atoms with van der Waals surface area (Å²) in [6.07, 6.45) is 3.31. The van der Waals surface area contributed by atoms with Gasteiger partial charge in [-0.1, -0.05) is 12.1 Å². The third kappa shape index (κ3) is 5.44. The third-order valence-electron chi connectivity index (χ3n) is 6.48. The van der Waals surface area contributed by atoms with Crippen LogP contribution in [-0.4, -0.2) is 62.3 Å². The second-order valence-electron chi connectivity index (χ2n) is 9.11. The number of aliphatic hydroxyl groups excluding tert-OH is 2. The normalized spacial score (nSPS) is 14.7. The largest absolute Gasteiger partial charge is 0.394 e. The van der Waals surface area contributed by atoms with E-state index in [4.69, 9.17) is 5.73 Å². The number of aromatic nitrogens is 2. The molecule has 3 aromatic rings. The first kappa shape index (κ1) is 25.5. The Labute approximate surface area is 207 Å². The highest BCUT2D eigenvalue weighted by Crippen LogP contribution is 2.23. The van der Waals surface area contributed by atoms with Gasteiger partial charge in [-0.25, -0.2) is 4.39 Å². The quantitative estimate of drug-likeness (QED) is 0.427. The van der Waals surface area contributed by atoms with Crippen molar-refractivity contribution in [1.82, 2.24) is 14.5 Å². The molecule has 3 heterocycles. The van der Waals surface area contributed by atoms with Crippen LogP contribution in [0.2, 0.25) is 0 Å². The van der Waals surface area contributed by atoms with Gasteiger partial charge in [0, 0.05) is 31.3 Å². The van der Waals surface area contributed by atoms with Crippen molar-refractivity contribution in [1.29, 1.82) is 0 Å². The van der Waals surface area contributed by atoms with Gasteiger partial charge in [0.2, 0.25) is 5.91 Å². The highest BCUT2D eigenvalue weighted by Gasteiger charge is 2.26. The van der Waals surface area contributed by atoms with Crippen molar-refractivity contribution in [2.45, 2.75) is 44.8 Å². The number of carbonyl (C=O) groups is 2. The number of benzene rings is 1. The lowest BCUT2D eigenvalue weighted by molar-refractivity contribution is -0.132. The lowest BCUT2D eigenvalue weighted by atomic mass is 9.98. The van der Waals surface area contributed by atoms with Crippen LogP contribution in [-0.2, 0) is 24.2 Å². The monoisotopic (exact) mass is 496 g/mol. The van der Waals surface area contributed by atoms with Crippen molar-refractivity contribution in [2.75, 3.05) is 19.7 Å². The number of halogens is 1. The van der Waals surface area contributed by atoms with Crippen LogP contribution in [0, 0.1) is 5.82 Å². The van der Waals surface area contributed by atoms with Crippen LogP contribution in [0.25, 0.3) is 11.0 Å². The van der Waals surface area contributed by atoms with Gasteiger partial charge in [0.15, 0.2) is 0 Å². The van der Waals surface area contributed by atoms with Crippen LogP contribution in [0.3, 0.4) is 0 Å². The number of nitrogens with zero attached hydrogens (tertiary/aromatic N) is 3. The predicted octanol–water partition coefficient (Wildman–Crippen LogP) is 1.13. The number of hydrogen-bond acceptors (Lipinski definition) is 6. The fourth-order valence-electron chi connectivity index (χ4n) is 4.65. The molecule has 1 aliphatic heterocycles. The fourth-order valence-corrected chi connectivity index (χ4v) is 4.65. The SMILES string of the molecule is NC(=O)c1c(CC(O)CO)c2ncc(Cc3ccc(F)cc3)cc2n(CC(=O)N2CCCCC2)c1=O. The van der Waals surface area contributed by atoms with Crippen LogP contribution in [0.1, 0.15) is 46.3 Å². The van der Waals surface area contributed by atoms with Crippen LogP contribution in [0.5, 0.6) is 0 Å². The minimum Gasteiger partial charge on any atom is -0.394 e. The first-order valence-electron chi connectivity index (χ1n) is 11.9. The van der Waals surface area contributed by atoms with Crippen LogP contribution in [0.15, 0.2) is 41.3 Å². The number of primary amides is 1. The van der Waals surface area contributed by atoms with Gasteiger partial charge in [-0.15, -0.1) is 0 Å². The number of likely N-dealkylation sites (tertiary alicyclic amines) is 1. The van der Waals surface area contributed by atoms with Crippen LogP contribution < -0.4 is 11.3 Å². The highest BCUT2D eigenvalue weighted by molar-refractivity contribution is 5.98. The summed E-state index contributed by atoms with van der Waals surface area (Å²) in [6.45, 7) is 0.324. The van der Waals surface area contributed by atoms with E-state index in [-0.39, 0.29) is 41.3 Å². The van der Waals surface area contributed by atoms with Crippen molar-refractivity contribution in [3.8, 4) is 0 Å². The van der Waals surface area contributed by atoms with Crippen molar-refractivity contribution in [3.05, 3.63) is 75.0 Å². The Morgan fingerprint density at radius 3 is 2.44 bits per heavy atom. The second-order valence-corrected chi connectivity index (χ2v) is 9.11. The number of pyridine rings is 2. The lowest BCUT2D eigenvalue weighted by Gasteiger charge is -2.27. The molecule has 4 N–H and O–H groups in total. The zero-order valence-electron chi connectivity index (χ0n) is 19.8. The second kappa shape index (κ2) is 11.0. The summed E-state index contributed by atoms with van der Waals surface area (Å²) < 4.78 is 14.5. The molecule has 4 rings (SSSR count). The van der Waals surface area contributed by atoms with E-state index in [9.17, 15) is 29.0 Å². The summed E-state index contributed by atoms with van der Waals surface area (Å²) in [5, 5.41) is 19.5. The number of piperidine rings is 1. The van der Waals surface area contributed by atoms with Crippen molar-refractivity contribution < 1.29 is 24.2 Å². The molecule has 0 spiro atoms. The number of amides is 2. The molecule has 1 fully saturated rings. The molecule has 1 atom stereocenters. The Bertz CT molecular complexity index is 1330. The first-order valence-corrected chi connectivity index (χ1v) is 11.9. The Balaban J connectivity index is 1.86. The standard InChI is InChI=1S/C26H29FN4O5/c27-18-6-4-16(5-7-18)10-17-11-21-24(29-13-17)20(12-19(33)15-32)23(25(28)35)26(36)31(21)14-22(34)30-8-2-1-3-9-30/h4-7,11,13,19,32-33H,1-3,8-10,12,14-15H2,(H2,28,35). The molecule has 2 amide bonds. The maximum atomic E-state index is 13.5. The minimum absolute atomic E-state index is 0.124. The summed E-state index contributed by atoms with van der Waals surface area (Å²) in [6, 6.07) is 7.70. The van der Waals surface area contributed by atoms with E-state index >= 15 is 0 Å². The first-order chi connectivity index (χ1) is 17.3. The zero-order chi connectivity index (χ0) is 25.8. The molecule has 190 valence electrons. The average molecular weight is 497 g/mol. The average Bonchev–Trinajstić information content (AvgIpc) is 2.87. The Hall–Kier alpha value is -3.63. The molecule has 0 radical (unpaired) electrons. The van der Waals surface area contributed by atoms with Gasteiger partial charge in [-0.2, -0.15) is 0 Å². The van der Waals surface area contributed by atoms with Gasteiger partial charge >= 0.3 is 0 Å². The Kier molecular flexibility index (Phi) is 7.76. The molecular formula is C26H29FN4O5. The molecular weight excluding hydrogens is 467 g/mol. The molecule has 1 aromatic carbocycles. The van der Waals surface area contributed by atoms with Crippen LogP contribution in [0.4, 0.5) is 4.39 Å². The van der Waals surface area contributed by atoms with Crippen molar-refractivity contribution in [3.63, 3.8) is 0 Å². The van der Waals surface area contributed by atoms with E-state index in [1.165, 1.54) is 16.7 Å². The number of hydrogen-bond donors (Lipinski definition) is 3. The van der Waals surface area contributed by atoms with Gasteiger partial charge in [-0.05, 0) is 55.0 Å². The van der Waals surface area contributed by atoms with E-state index in [0.29, 0.717) is 30.6 Å². The topological polar surface area (TPSA) is 139 Å². The number of rotatable bonds is 8. The Morgan fingerprint density at radius 1 is 1.11 bits per heavy atom. The maximum Gasteiger partial charge on any atom is 0.264 e. The molecule has 2 aromatic heterocycles. The number of fused-ring (bicyclic) bond motifs is 1. The number of aliphatic hydroxyl groups is 2. The van der Waals surface area contributed by atoms with Gasteiger partial charge in [0.1, 0.15) is 17.9 Å². The summed E-state index contributed by atoms with van der Waals surface area (Å²) in [5.74, 6) is -1.61. The predicted molar refractivity (Wildman–Crippen MR) is 131 cm³/mol. The zero-order valence-corrected chi connectivity index (χ0v) is 19.8. The third-order valence-corrected chi connectivity index (χ3v) is 6.48. The van der Waals surface area contributed by atoms with E-state index in [1.807, 2.05) is 0 Å². The summed E-state index contributed by atoms with van der Waals surface area (Å²) in [7, 11) is 0. The lowest BCUT2D eigenvalue weighted by Crippen LogP contribution is -2.41. The summed E-state index contributed by atoms with van der Waals surface area (Å²) in [5.41, 5.74) is 6.65. The molecule has 10 heteroatoms. The van der Waals surface area contributed by atoms with Crippen molar-refractivity contribution in [2.24, 2.45) is 5.73 Å². The molecule has 1 aliphatic rings. The molecule has 1 unspecified atom stereocenters. The fraction of sp³-hybridized carbons (Fsp3) is 0.385. The van der Waals surface area contributed by atoms with Crippen LogP contribution >= 0.6 is 0 Å². The molecule has 9 nitrogen and oxygen atoms in total. The van der Waals surface area contributed by atoms with Gasteiger partial charge < -0.3 is 20.8 Å². The molecule has 0 bridgehead atoms. The maximum absolute atomic E-state index is 13.5. The molecule has 0 aliphatic carbocycles. The molecule has 36 heavy (non-hydrogen) atoms. The van der Waals surface area contributed by atoms with E-state index in [2.05, 4.69) is 4.98 Å². The van der Waals surface area contributed by atoms with E-state index < -0.39 is 24.2 Å². The van der Waals surface area contributed by atoms with Gasteiger partial charge in [-0.3, -0.25) is 23.9 Å². The minimum atomic E-state index is -1.24. The van der Waals surface area contributed by atoms with Gasteiger partial charge in [0.25, 0.3) is 11.5 Å². The smallest absolute Gasteiger partial charge is 0.264 e. The molecule has 1 saturated heterocycles. The van der Waals surface area contributed by atoms with Gasteiger partial charge in [0.05, 0.1) is 23.7 Å². The number of carbonyl (C=O) groups excluding carboxylic acids is 2. The summed E-state index contributed by atoms with van der Waals surface area (Å²) >= 11 is 0. The van der Waals surface area contributed by atoms with Crippen molar-refractivity contribution >= 4 is 22.8 Å². The molecule has 0 saturated carbocycles. The van der Waals surface area contributed by atoms with E-state index in [0.717, 1.165) is 24.8 Å². The van der Waals surface area contributed by atoms with E-state index in [1.54, 1.807) is 29.3 Å². The summed E-state index contributed by atoms with van der Waals surface area (Å²) in [4.78, 5) is 45.1. The Morgan fingerprint density at radius 2 is 1.81 bits per heavy atom.